The van der Waals surface area contributed by atoms with Crippen LogP contribution in [0.5, 0.6) is 0 Å². The van der Waals surface area contributed by atoms with E-state index in [0.717, 1.165) is 18.5 Å². The Morgan fingerprint density at radius 3 is 3.31 bits per heavy atom. The summed E-state index contributed by atoms with van der Waals surface area (Å²) in [7, 11) is 0. The predicted molar refractivity (Wildman–Crippen MR) is 58.8 cm³/mol. The zero-order valence-electron chi connectivity index (χ0n) is 9.19. The minimum atomic E-state index is -0.281. The van der Waals surface area contributed by atoms with Crippen LogP contribution in [0.15, 0.2) is 23.8 Å². The first kappa shape index (κ1) is 8.99. The number of hydrogen-bond donors (Lipinski definition) is 0. The molecule has 4 aliphatic rings. The summed E-state index contributed by atoms with van der Waals surface area (Å²) in [6.07, 6.45) is 10.7. The SMILES string of the molecule is O=C1C=C2C=C[C@H]3C[C@@]2(O1)[C@@H]1CCCCN13. The molecule has 1 aliphatic carbocycles. The lowest BCUT2D eigenvalue weighted by Gasteiger charge is -2.37. The number of esters is 1. The van der Waals surface area contributed by atoms with Crippen molar-refractivity contribution in [2.45, 2.75) is 43.4 Å². The lowest BCUT2D eigenvalue weighted by Crippen LogP contribution is -2.48. The molecule has 16 heavy (non-hydrogen) atoms. The van der Waals surface area contributed by atoms with Crippen LogP contribution in [-0.2, 0) is 9.53 Å². The molecule has 0 saturated carbocycles. The number of nitrogens with zero attached hydrogens (tertiary/aromatic N) is 1. The first-order valence-corrected chi connectivity index (χ1v) is 6.19. The summed E-state index contributed by atoms with van der Waals surface area (Å²) in [6.45, 7) is 1.16. The Bertz CT molecular complexity index is 426. The number of rotatable bonds is 0. The lowest BCUT2D eigenvalue weighted by molar-refractivity contribution is -0.148. The molecule has 2 bridgehead atoms. The number of hydrogen-bond acceptors (Lipinski definition) is 3. The first-order valence-electron chi connectivity index (χ1n) is 6.19. The van der Waals surface area contributed by atoms with Crippen LogP contribution < -0.4 is 0 Å². The van der Waals surface area contributed by atoms with Crippen molar-refractivity contribution in [3.8, 4) is 0 Å². The standard InChI is InChI=1S/C13H15NO2/c15-12-7-9-4-5-10-8-13(9,16-12)11-3-1-2-6-14(10)11/h4-5,7,10-11H,1-3,6,8H2/t10-,11-,13-/m0/s1. The normalized spacial score (nSPS) is 45.0. The topological polar surface area (TPSA) is 29.5 Å². The van der Waals surface area contributed by atoms with Gasteiger partial charge >= 0.3 is 5.97 Å². The van der Waals surface area contributed by atoms with E-state index in [1.54, 1.807) is 6.08 Å². The highest BCUT2D eigenvalue weighted by Gasteiger charge is 2.59. The van der Waals surface area contributed by atoms with Crippen molar-refractivity contribution in [1.29, 1.82) is 0 Å². The summed E-state index contributed by atoms with van der Waals surface area (Å²) in [5.74, 6) is -0.146. The van der Waals surface area contributed by atoms with Crippen LogP contribution in [0.4, 0.5) is 0 Å². The number of ether oxygens (including phenoxy) is 1. The second-order valence-corrected chi connectivity index (χ2v) is 5.29. The van der Waals surface area contributed by atoms with Gasteiger partial charge in [0.05, 0.1) is 6.04 Å². The number of piperidine rings is 1. The zero-order chi connectivity index (χ0) is 10.8. The van der Waals surface area contributed by atoms with E-state index in [9.17, 15) is 4.79 Å². The maximum absolute atomic E-state index is 11.5. The van der Waals surface area contributed by atoms with Gasteiger partial charge in [-0.1, -0.05) is 18.6 Å². The van der Waals surface area contributed by atoms with Crippen LogP contribution in [-0.4, -0.2) is 35.1 Å². The van der Waals surface area contributed by atoms with Crippen LogP contribution in [0.25, 0.3) is 0 Å². The van der Waals surface area contributed by atoms with Crippen molar-refractivity contribution in [3.63, 3.8) is 0 Å². The van der Waals surface area contributed by atoms with Gasteiger partial charge in [-0.2, -0.15) is 0 Å². The average Bonchev–Trinajstić information content (AvgIpc) is 2.76. The molecule has 3 atom stereocenters. The molecule has 0 radical (unpaired) electrons. The molecule has 3 heteroatoms. The number of carbonyl (C=O) groups is 1. The Hall–Kier alpha value is -1.09. The molecular formula is C13H15NO2. The summed E-state index contributed by atoms with van der Waals surface area (Å²) in [5.41, 5.74) is 0.833. The van der Waals surface area contributed by atoms with E-state index in [2.05, 4.69) is 17.1 Å². The number of carbonyl (C=O) groups excluding carboxylic acids is 1. The molecular weight excluding hydrogens is 202 g/mol. The van der Waals surface area contributed by atoms with Gasteiger partial charge < -0.3 is 4.74 Å². The molecule has 84 valence electrons. The fourth-order valence-electron chi connectivity index (χ4n) is 3.94. The molecule has 3 heterocycles. The first-order chi connectivity index (χ1) is 7.79. The third-order valence-corrected chi connectivity index (χ3v) is 4.56. The highest BCUT2D eigenvalue weighted by molar-refractivity contribution is 5.88. The monoisotopic (exact) mass is 217 g/mol. The van der Waals surface area contributed by atoms with Gasteiger partial charge in [0.1, 0.15) is 0 Å². The Kier molecular flexibility index (Phi) is 1.56. The van der Waals surface area contributed by atoms with Gasteiger partial charge in [0, 0.05) is 24.1 Å². The molecule has 0 N–H and O–H groups in total. The summed E-state index contributed by atoms with van der Waals surface area (Å²) in [5, 5.41) is 0. The molecule has 0 aromatic carbocycles. The molecule has 0 aromatic heterocycles. The van der Waals surface area contributed by atoms with Crippen molar-refractivity contribution >= 4 is 5.97 Å². The largest absolute Gasteiger partial charge is 0.449 e. The van der Waals surface area contributed by atoms with E-state index in [1.165, 1.54) is 19.3 Å². The summed E-state index contributed by atoms with van der Waals surface area (Å²) < 4.78 is 5.69. The van der Waals surface area contributed by atoms with Gasteiger partial charge in [0.15, 0.2) is 5.60 Å². The Morgan fingerprint density at radius 2 is 2.38 bits per heavy atom. The minimum absolute atomic E-state index is 0.146. The van der Waals surface area contributed by atoms with E-state index >= 15 is 0 Å². The second kappa shape index (κ2) is 2.77. The van der Waals surface area contributed by atoms with Crippen molar-refractivity contribution < 1.29 is 9.53 Å². The van der Waals surface area contributed by atoms with E-state index in [-0.39, 0.29) is 11.6 Å². The summed E-state index contributed by atoms with van der Waals surface area (Å²) in [6, 6.07) is 0.923. The fraction of sp³-hybridized carbons (Fsp3) is 0.615. The molecule has 2 fully saturated rings. The molecule has 3 aliphatic heterocycles. The van der Waals surface area contributed by atoms with Gasteiger partial charge in [-0.15, -0.1) is 0 Å². The van der Waals surface area contributed by atoms with Crippen molar-refractivity contribution in [2.75, 3.05) is 6.54 Å². The van der Waals surface area contributed by atoms with Crippen LogP contribution in [0, 0.1) is 0 Å². The highest BCUT2D eigenvalue weighted by Crippen LogP contribution is 2.51. The summed E-state index contributed by atoms with van der Waals surface area (Å²) in [4.78, 5) is 14.1. The van der Waals surface area contributed by atoms with Gasteiger partial charge in [0.25, 0.3) is 0 Å². The molecule has 3 nitrogen and oxygen atoms in total. The second-order valence-electron chi connectivity index (χ2n) is 5.29. The van der Waals surface area contributed by atoms with E-state index in [4.69, 9.17) is 4.74 Å². The van der Waals surface area contributed by atoms with E-state index in [1.807, 2.05) is 0 Å². The van der Waals surface area contributed by atoms with Crippen LogP contribution in [0.2, 0.25) is 0 Å². The van der Waals surface area contributed by atoms with Gasteiger partial charge in [0.2, 0.25) is 0 Å². The highest BCUT2D eigenvalue weighted by atomic mass is 16.6. The van der Waals surface area contributed by atoms with Crippen LogP contribution in [0.3, 0.4) is 0 Å². The molecule has 2 saturated heterocycles. The van der Waals surface area contributed by atoms with Crippen LogP contribution in [0.1, 0.15) is 25.7 Å². The van der Waals surface area contributed by atoms with Crippen molar-refractivity contribution in [1.82, 2.24) is 4.90 Å². The Balaban J connectivity index is 1.84. The molecule has 4 rings (SSSR count). The van der Waals surface area contributed by atoms with E-state index < -0.39 is 0 Å². The lowest BCUT2D eigenvalue weighted by atomic mass is 9.80. The Morgan fingerprint density at radius 1 is 1.44 bits per heavy atom. The fourth-order valence-corrected chi connectivity index (χ4v) is 3.94. The molecule has 0 amide bonds. The third kappa shape index (κ3) is 0.908. The molecule has 1 spiro atoms. The number of fused-ring (bicyclic) bond motifs is 3. The zero-order valence-corrected chi connectivity index (χ0v) is 9.19. The predicted octanol–water partition coefficient (Wildman–Crippen LogP) is 1.41. The molecule has 0 unspecified atom stereocenters. The van der Waals surface area contributed by atoms with Crippen molar-refractivity contribution in [3.05, 3.63) is 23.8 Å². The maximum atomic E-state index is 11.5. The van der Waals surface area contributed by atoms with Gasteiger partial charge in [-0.25, -0.2) is 4.79 Å². The average molecular weight is 217 g/mol. The van der Waals surface area contributed by atoms with Crippen LogP contribution >= 0.6 is 0 Å². The van der Waals surface area contributed by atoms with Crippen molar-refractivity contribution in [2.24, 2.45) is 0 Å². The van der Waals surface area contributed by atoms with E-state index in [0.29, 0.717) is 12.1 Å². The summed E-state index contributed by atoms with van der Waals surface area (Å²) >= 11 is 0. The minimum Gasteiger partial charge on any atom is -0.449 e. The molecule has 0 aromatic rings. The van der Waals surface area contributed by atoms with Gasteiger partial charge in [-0.3, -0.25) is 4.90 Å². The van der Waals surface area contributed by atoms with Gasteiger partial charge in [-0.05, 0) is 19.4 Å². The third-order valence-electron chi connectivity index (χ3n) is 4.56. The Labute approximate surface area is 94.8 Å². The smallest absolute Gasteiger partial charge is 0.332 e. The quantitative estimate of drug-likeness (QED) is 0.574. The maximum Gasteiger partial charge on any atom is 0.332 e.